The number of benzene rings is 1. The smallest absolute Gasteiger partial charge is 0.405 e. The van der Waals surface area contributed by atoms with Crippen LogP contribution in [0.25, 0.3) is 0 Å². The lowest BCUT2D eigenvalue weighted by molar-refractivity contribution is -0.275. The van der Waals surface area contributed by atoms with Gasteiger partial charge in [-0.25, -0.2) is 0 Å². The molecule has 1 N–H and O–H groups in total. The molecule has 1 saturated carbocycles. The molecular weight excluding hydrogens is 279 g/mol. The standard InChI is InChI=1S/C16H22F3NO/c1-2-10-20-11-12-6-5-8-13(12)14-7-3-4-9-15(14)21-16(17,18)19/h3-4,7,9,12-13,20H,2,5-6,8,10-11H2,1H3. The van der Waals surface area contributed by atoms with Crippen LogP contribution in [0, 0.1) is 5.92 Å². The molecule has 5 heteroatoms. The number of halogens is 3. The first-order valence-electron chi connectivity index (χ1n) is 7.56. The fourth-order valence-corrected chi connectivity index (χ4v) is 3.16. The molecule has 2 nitrogen and oxygen atoms in total. The summed E-state index contributed by atoms with van der Waals surface area (Å²) >= 11 is 0. The molecule has 0 spiro atoms. The van der Waals surface area contributed by atoms with Gasteiger partial charge in [0.2, 0.25) is 0 Å². The van der Waals surface area contributed by atoms with E-state index in [0.717, 1.165) is 38.8 Å². The Kier molecular flexibility index (Phi) is 5.51. The molecule has 0 heterocycles. The molecule has 1 fully saturated rings. The summed E-state index contributed by atoms with van der Waals surface area (Å²) in [6, 6.07) is 6.55. The van der Waals surface area contributed by atoms with Crippen LogP contribution in [0.3, 0.4) is 0 Å². The molecule has 2 rings (SSSR count). The molecule has 0 aromatic heterocycles. The van der Waals surface area contributed by atoms with Gasteiger partial charge in [0.1, 0.15) is 5.75 Å². The van der Waals surface area contributed by atoms with Gasteiger partial charge in [0, 0.05) is 0 Å². The van der Waals surface area contributed by atoms with Crippen molar-refractivity contribution in [3.05, 3.63) is 29.8 Å². The number of para-hydroxylation sites is 1. The van der Waals surface area contributed by atoms with E-state index in [9.17, 15) is 13.2 Å². The Labute approximate surface area is 123 Å². The van der Waals surface area contributed by atoms with Crippen LogP contribution in [0.1, 0.15) is 44.1 Å². The van der Waals surface area contributed by atoms with E-state index in [0.29, 0.717) is 11.5 Å². The normalized spacial score (nSPS) is 22.5. The van der Waals surface area contributed by atoms with Crippen LogP contribution in [0.5, 0.6) is 5.75 Å². The molecule has 0 saturated heterocycles. The molecule has 118 valence electrons. The summed E-state index contributed by atoms with van der Waals surface area (Å²) in [6.07, 6.45) is -0.530. The summed E-state index contributed by atoms with van der Waals surface area (Å²) < 4.78 is 41.8. The van der Waals surface area contributed by atoms with Gasteiger partial charge in [-0.2, -0.15) is 0 Å². The van der Waals surface area contributed by atoms with Crippen LogP contribution < -0.4 is 10.1 Å². The summed E-state index contributed by atoms with van der Waals surface area (Å²) in [5, 5.41) is 3.38. The number of hydrogen-bond donors (Lipinski definition) is 1. The van der Waals surface area contributed by atoms with Crippen molar-refractivity contribution < 1.29 is 17.9 Å². The van der Waals surface area contributed by atoms with E-state index in [1.54, 1.807) is 18.2 Å². The van der Waals surface area contributed by atoms with E-state index in [-0.39, 0.29) is 11.7 Å². The van der Waals surface area contributed by atoms with Crippen molar-refractivity contribution in [3.8, 4) is 5.75 Å². The first-order chi connectivity index (χ1) is 10.0. The second-order valence-corrected chi connectivity index (χ2v) is 5.59. The average Bonchev–Trinajstić information content (AvgIpc) is 2.86. The Bertz CT molecular complexity index is 447. The molecule has 0 amide bonds. The predicted octanol–water partition coefficient (Wildman–Crippen LogP) is 4.47. The van der Waals surface area contributed by atoms with Crippen LogP contribution in [0.15, 0.2) is 24.3 Å². The number of hydrogen-bond acceptors (Lipinski definition) is 2. The van der Waals surface area contributed by atoms with E-state index in [1.807, 2.05) is 0 Å². The Morgan fingerprint density at radius 1 is 1.24 bits per heavy atom. The summed E-state index contributed by atoms with van der Waals surface area (Å²) in [4.78, 5) is 0. The molecule has 1 aliphatic rings. The van der Waals surface area contributed by atoms with Crippen molar-refractivity contribution in [1.82, 2.24) is 5.32 Å². The minimum Gasteiger partial charge on any atom is -0.405 e. The minimum atomic E-state index is -4.63. The van der Waals surface area contributed by atoms with Gasteiger partial charge < -0.3 is 10.1 Å². The SMILES string of the molecule is CCCNCC1CCCC1c1ccccc1OC(F)(F)F. The topological polar surface area (TPSA) is 21.3 Å². The zero-order valence-electron chi connectivity index (χ0n) is 12.2. The fourth-order valence-electron chi connectivity index (χ4n) is 3.16. The average molecular weight is 301 g/mol. The molecule has 0 aliphatic heterocycles. The molecule has 0 bridgehead atoms. The maximum Gasteiger partial charge on any atom is 0.573 e. The van der Waals surface area contributed by atoms with Crippen LogP contribution >= 0.6 is 0 Å². The second kappa shape index (κ2) is 7.16. The molecular formula is C16H22F3NO. The molecule has 1 aliphatic carbocycles. The lowest BCUT2D eigenvalue weighted by atomic mass is 9.88. The van der Waals surface area contributed by atoms with Gasteiger partial charge in [0.15, 0.2) is 0 Å². The molecule has 0 radical (unpaired) electrons. The van der Waals surface area contributed by atoms with E-state index >= 15 is 0 Å². The third-order valence-electron chi connectivity index (χ3n) is 4.04. The number of alkyl halides is 3. The maximum atomic E-state index is 12.5. The van der Waals surface area contributed by atoms with E-state index < -0.39 is 6.36 Å². The summed E-state index contributed by atoms with van der Waals surface area (Å²) in [5.41, 5.74) is 0.690. The van der Waals surface area contributed by atoms with Gasteiger partial charge in [-0.1, -0.05) is 31.5 Å². The third-order valence-corrected chi connectivity index (χ3v) is 4.04. The Hall–Kier alpha value is -1.23. The lowest BCUT2D eigenvalue weighted by Gasteiger charge is -2.23. The van der Waals surface area contributed by atoms with Crippen molar-refractivity contribution in [3.63, 3.8) is 0 Å². The summed E-state index contributed by atoms with van der Waals surface area (Å²) in [7, 11) is 0. The Morgan fingerprint density at radius 2 is 2.00 bits per heavy atom. The highest BCUT2D eigenvalue weighted by Crippen LogP contribution is 2.43. The highest BCUT2D eigenvalue weighted by molar-refractivity contribution is 5.37. The van der Waals surface area contributed by atoms with Gasteiger partial charge in [-0.3, -0.25) is 0 Å². The second-order valence-electron chi connectivity index (χ2n) is 5.59. The number of nitrogens with one attached hydrogen (secondary N) is 1. The molecule has 21 heavy (non-hydrogen) atoms. The molecule has 2 unspecified atom stereocenters. The highest BCUT2D eigenvalue weighted by Gasteiger charge is 2.35. The van der Waals surface area contributed by atoms with Gasteiger partial charge in [0.25, 0.3) is 0 Å². The molecule has 2 atom stereocenters. The van der Waals surface area contributed by atoms with E-state index in [1.165, 1.54) is 6.07 Å². The number of rotatable bonds is 6. The zero-order valence-corrected chi connectivity index (χ0v) is 12.2. The van der Waals surface area contributed by atoms with Crippen LogP contribution in [0.4, 0.5) is 13.2 Å². The van der Waals surface area contributed by atoms with Crippen molar-refractivity contribution >= 4 is 0 Å². The molecule has 1 aromatic rings. The first-order valence-corrected chi connectivity index (χ1v) is 7.56. The third kappa shape index (κ3) is 4.63. The van der Waals surface area contributed by atoms with Gasteiger partial charge in [0.05, 0.1) is 0 Å². The lowest BCUT2D eigenvalue weighted by Crippen LogP contribution is -2.26. The fraction of sp³-hybridized carbons (Fsp3) is 0.625. The minimum absolute atomic E-state index is 0.0441. The Balaban J connectivity index is 2.12. The highest BCUT2D eigenvalue weighted by atomic mass is 19.4. The van der Waals surface area contributed by atoms with Gasteiger partial charge in [-0.05, 0) is 55.8 Å². The maximum absolute atomic E-state index is 12.5. The predicted molar refractivity (Wildman–Crippen MR) is 76.4 cm³/mol. The van der Waals surface area contributed by atoms with E-state index in [2.05, 4.69) is 17.0 Å². The zero-order chi connectivity index (χ0) is 15.3. The van der Waals surface area contributed by atoms with Crippen molar-refractivity contribution in [1.29, 1.82) is 0 Å². The quantitative estimate of drug-likeness (QED) is 0.783. The van der Waals surface area contributed by atoms with Crippen LogP contribution in [0.2, 0.25) is 0 Å². The van der Waals surface area contributed by atoms with E-state index in [4.69, 9.17) is 0 Å². The largest absolute Gasteiger partial charge is 0.573 e. The monoisotopic (exact) mass is 301 g/mol. The van der Waals surface area contributed by atoms with Crippen LogP contribution in [-0.4, -0.2) is 19.5 Å². The summed E-state index contributed by atoms with van der Waals surface area (Å²) in [5.74, 6) is 0.486. The number of ether oxygens (including phenoxy) is 1. The summed E-state index contributed by atoms with van der Waals surface area (Å²) in [6.45, 7) is 3.91. The molecule has 1 aromatic carbocycles. The van der Waals surface area contributed by atoms with Gasteiger partial charge >= 0.3 is 6.36 Å². The van der Waals surface area contributed by atoms with Gasteiger partial charge in [-0.15, -0.1) is 13.2 Å². The van der Waals surface area contributed by atoms with Crippen LogP contribution in [-0.2, 0) is 0 Å². The van der Waals surface area contributed by atoms with Crippen molar-refractivity contribution in [2.45, 2.75) is 44.9 Å². The first kappa shape index (κ1) is 16.1. The van der Waals surface area contributed by atoms with Crippen molar-refractivity contribution in [2.75, 3.05) is 13.1 Å². The Morgan fingerprint density at radius 3 is 2.71 bits per heavy atom. The van der Waals surface area contributed by atoms with Crippen molar-refractivity contribution in [2.24, 2.45) is 5.92 Å².